The highest BCUT2D eigenvalue weighted by molar-refractivity contribution is 6.10. The smallest absolute Gasteiger partial charge is 0.333 e. The number of allylic oxidation sites excluding steroid dienone is 2. The second kappa shape index (κ2) is 16.8. The predicted octanol–water partition coefficient (Wildman–Crippen LogP) is 15.6. The number of aliphatic carboxylic acids is 1. The number of hydrogen-bond donors (Lipinski definition) is 1. The molecule has 2 aromatic heterocycles. The van der Waals surface area contributed by atoms with Crippen molar-refractivity contribution in [3.63, 3.8) is 0 Å². The third kappa shape index (κ3) is 7.17. The summed E-state index contributed by atoms with van der Waals surface area (Å²) in [6.45, 7) is 7.14. The Morgan fingerprint density at radius 2 is 0.758 bits per heavy atom. The first-order valence-electron chi connectivity index (χ1n) is 21.8. The van der Waals surface area contributed by atoms with Crippen molar-refractivity contribution in [2.75, 3.05) is 4.90 Å². The molecule has 0 atom stereocenters. The van der Waals surface area contributed by atoms with Crippen LogP contribution in [0.5, 0.6) is 0 Å². The largest absolute Gasteiger partial charge is 0.486 e. The van der Waals surface area contributed by atoms with Gasteiger partial charge in [0.2, 0.25) is 0 Å². The lowest BCUT2D eigenvalue weighted by atomic mass is 10.0. The lowest BCUT2D eigenvalue weighted by Gasteiger charge is -2.26. The van der Waals surface area contributed by atoms with Crippen LogP contribution >= 0.6 is 0 Å². The molecule has 1 N–H and O–H groups in total. The van der Waals surface area contributed by atoms with Gasteiger partial charge in [-0.05, 0) is 119 Å². The van der Waals surface area contributed by atoms with Crippen molar-refractivity contribution in [1.29, 1.82) is 0 Å². The quantitative estimate of drug-likeness (QED) is 0.0847. The van der Waals surface area contributed by atoms with Gasteiger partial charge in [-0.2, -0.15) is 0 Å². The number of benzene rings is 9. The topological polar surface area (TPSA) is 54.8 Å². The van der Waals surface area contributed by atoms with Crippen molar-refractivity contribution < 1.29 is 9.90 Å². The molecule has 0 saturated carbocycles. The Morgan fingerprint density at radius 1 is 0.439 bits per heavy atom. The number of aromatic nitrogens is 2. The molecule has 0 bridgehead atoms. The van der Waals surface area contributed by atoms with E-state index in [0.717, 1.165) is 56.3 Å². The number of hydrogen-bond acceptors (Lipinski definition) is 2. The maximum atomic E-state index is 11.3. The highest BCUT2D eigenvalue weighted by atomic mass is 16.4. The zero-order valence-corrected chi connectivity index (χ0v) is 35.7. The van der Waals surface area contributed by atoms with Gasteiger partial charge < -0.3 is 19.1 Å². The molecular formula is C60H40N4O2. The third-order valence-corrected chi connectivity index (χ3v) is 12.4. The van der Waals surface area contributed by atoms with Crippen LogP contribution in [-0.2, 0) is 4.79 Å². The Hall–Kier alpha value is -9.18. The molecule has 0 amide bonds. The van der Waals surface area contributed by atoms with Crippen LogP contribution in [0.2, 0.25) is 0 Å². The Kier molecular flexibility index (Phi) is 10.1. The van der Waals surface area contributed by atoms with Gasteiger partial charge in [0.15, 0.2) is 0 Å². The first-order valence-corrected chi connectivity index (χ1v) is 21.8. The van der Waals surface area contributed by atoms with Crippen molar-refractivity contribution in [3.05, 3.63) is 253 Å². The van der Waals surface area contributed by atoms with Crippen molar-refractivity contribution in [2.45, 2.75) is 0 Å². The average molecular weight is 849 g/mol. The Balaban J connectivity index is 0.905. The minimum absolute atomic E-state index is 0.334. The fraction of sp³-hybridized carbons (Fsp3) is 0. The number of nitrogens with zero attached hydrogens (tertiary/aromatic N) is 4. The number of carboxylic acid groups (broad SMARTS) is 1. The van der Waals surface area contributed by atoms with Crippen LogP contribution in [0.4, 0.5) is 17.1 Å². The van der Waals surface area contributed by atoms with Gasteiger partial charge in [0, 0.05) is 50.0 Å². The summed E-state index contributed by atoms with van der Waals surface area (Å²) in [5, 5.41) is 14.2. The third-order valence-electron chi connectivity index (χ3n) is 12.4. The summed E-state index contributed by atoms with van der Waals surface area (Å²) < 4.78 is 4.67. The molecule has 9 aromatic carbocycles. The molecule has 6 heteroatoms. The Bertz CT molecular complexity index is 3390. The fourth-order valence-electron chi connectivity index (χ4n) is 9.20. The highest BCUT2D eigenvalue weighted by Crippen LogP contribution is 2.39. The molecule has 66 heavy (non-hydrogen) atoms. The van der Waals surface area contributed by atoms with Crippen LogP contribution in [0.25, 0.3) is 88.2 Å². The maximum absolute atomic E-state index is 11.3. The molecule has 0 aliphatic heterocycles. The fourth-order valence-corrected chi connectivity index (χ4v) is 9.20. The van der Waals surface area contributed by atoms with E-state index in [1.165, 1.54) is 49.7 Å². The second-order valence-electron chi connectivity index (χ2n) is 16.2. The molecule has 2 heterocycles. The number of carbonyl (C=O) groups is 1. The SMILES string of the molecule is [C-]#[N+]C(=CC=Cc1ccc(N(c2ccc(-c3ccc(-n4c5ccccc5c5ccccc54)cc3)cc2)c2ccc(-c3ccc(-n4c5ccccc5c5ccccc54)cc3)cc2)cc1)C(=O)O. The van der Waals surface area contributed by atoms with Crippen LogP contribution in [0.15, 0.2) is 236 Å². The minimum Gasteiger partial charge on any atom is -0.486 e. The van der Waals surface area contributed by atoms with Gasteiger partial charge in [0.05, 0.1) is 28.6 Å². The summed E-state index contributed by atoms with van der Waals surface area (Å²) in [4.78, 5) is 16.6. The van der Waals surface area contributed by atoms with E-state index in [9.17, 15) is 9.90 Å². The lowest BCUT2D eigenvalue weighted by Crippen LogP contribution is -2.09. The summed E-state index contributed by atoms with van der Waals surface area (Å²) >= 11 is 0. The van der Waals surface area contributed by atoms with E-state index in [-0.39, 0.29) is 5.70 Å². The van der Waals surface area contributed by atoms with E-state index < -0.39 is 5.97 Å². The van der Waals surface area contributed by atoms with Crippen molar-refractivity contribution in [2.24, 2.45) is 0 Å². The Labute approximate surface area is 381 Å². The van der Waals surface area contributed by atoms with E-state index in [1.807, 2.05) is 12.1 Å². The van der Waals surface area contributed by atoms with Crippen LogP contribution in [0.3, 0.4) is 0 Å². The van der Waals surface area contributed by atoms with Crippen molar-refractivity contribution >= 4 is 72.7 Å². The molecule has 11 aromatic rings. The maximum Gasteiger partial charge on any atom is 0.333 e. The van der Waals surface area contributed by atoms with Gasteiger partial charge in [0.25, 0.3) is 5.70 Å². The first-order chi connectivity index (χ1) is 32.5. The zero-order valence-electron chi connectivity index (χ0n) is 35.7. The number of anilines is 3. The van der Waals surface area contributed by atoms with Gasteiger partial charge in [-0.25, -0.2) is 4.85 Å². The van der Waals surface area contributed by atoms with Gasteiger partial charge in [-0.1, -0.05) is 146 Å². The highest BCUT2D eigenvalue weighted by Gasteiger charge is 2.16. The summed E-state index contributed by atoms with van der Waals surface area (Å²) in [5.74, 6) is -1.24. The molecule has 11 rings (SSSR count). The average Bonchev–Trinajstić information content (AvgIpc) is 3.89. The number of rotatable bonds is 10. The van der Waals surface area contributed by atoms with Gasteiger partial charge >= 0.3 is 5.97 Å². The van der Waals surface area contributed by atoms with Gasteiger partial charge in [0.1, 0.15) is 0 Å². The Morgan fingerprint density at radius 3 is 1.09 bits per heavy atom. The monoisotopic (exact) mass is 848 g/mol. The number of fused-ring (bicyclic) bond motifs is 6. The van der Waals surface area contributed by atoms with Crippen LogP contribution < -0.4 is 4.90 Å². The van der Waals surface area contributed by atoms with E-state index in [4.69, 9.17) is 6.57 Å². The molecule has 312 valence electrons. The van der Waals surface area contributed by atoms with E-state index in [0.29, 0.717) is 0 Å². The van der Waals surface area contributed by atoms with E-state index in [1.54, 1.807) is 12.2 Å². The lowest BCUT2D eigenvalue weighted by molar-refractivity contribution is -0.132. The number of para-hydroxylation sites is 4. The van der Waals surface area contributed by atoms with Crippen LogP contribution in [0, 0.1) is 6.57 Å². The molecule has 0 aliphatic rings. The molecular weight excluding hydrogens is 809 g/mol. The molecule has 6 nitrogen and oxygen atoms in total. The van der Waals surface area contributed by atoms with Crippen LogP contribution in [-0.4, -0.2) is 20.2 Å². The molecule has 0 saturated heterocycles. The molecule has 0 radical (unpaired) electrons. The minimum atomic E-state index is -1.24. The zero-order chi connectivity index (χ0) is 44.6. The van der Waals surface area contributed by atoms with Crippen molar-refractivity contribution in [1.82, 2.24) is 9.13 Å². The molecule has 0 aliphatic carbocycles. The number of carboxylic acids is 1. The summed E-state index contributed by atoms with van der Waals surface area (Å²) in [5.41, 5.74) is 14.9. The standard InChI is InChI=1S/C60H40N4O2/c1-61-55(60(65)66)16-10-11-41-21-31-46(32-22-41)62(47-33-23-42(24-34-47)44-27-37-49(38-28-44)63-56-17-6-2-12-51(56)52-13-3-7-18-57(52)63)48-35-25-43(26-36-48)45-29-39-50(40-30-45)64-58-19-8-4-14-53(58)54-15-5-9-20-59(54)64/h2-40H,(H,65,66). The summed E-state index contributed by atoms with van der Waals surface area (Å²) in [6.07, 6.45) is 4.70. The van der Waals surface area contributed by atoms with E-state index >= 15 is 0 Å². The molecule has 0 spiro atoms. The van der Waals surface area contributed by atoms with Gasteiger partial charge in [-0.3, -0.25) is 4.79 Å². The molecule has 0 fully saturated rings. The normalized spacial score (nSPS) is 11.8. The van der Waals surface area contributed by atoms with Crippen LogP contribution in [0.1, 0.15) is 5.56 Å². The summed E-state index contributed by atoms with van der Waals surface area (Å²) in [7, 11) is 0. The first kappa shape index (κ1) is 39.7. The van der Waals surface area contributed by atoms with Crippen molar-refractivity contribution in [3.8, 4) is 33.6 Å². The second-order valence-corrected chi connectivity index (χ2v) is 16.2. The van der Waals surface area contributed by atoms with Gasteiger partial charge in [-0.15, -0.1) is 0 Å². The predicted molar refractivity (Wildman–Crippen MR) is 272 cm³/mol. The molecule has 0 unspecified atom stereocenters. The summed E-state index contributed by atoms with van der Waals surface area (Å²) in [6, 6.07) is 77.3. The van der Waals surface area contributed by atoms with E-state index in [2.05, 4.69) is 225 Å².